The zero-order valence-electron chi connectivity index (χ0n) is 38.0. The maximum Gasteiger partial charge on any atom is 0.196 e. The van der Waals surface area contributed by atoms with Gasteiger partial charge in [0, 0.05) is 53.4 Å². The maximum absolute atomic E-state index is 14.0. The van der Waals surface area contributed by atoms with Crippen molar-refractivity contribution in [2.75, 3.05) is 0 Å². The molecule has 0 atom stereocenters. The van der Waals surface area contributed by atoms with E-state index in [2.05, 4.69) is 145 Å². The number of aromatic nitrogens is 4. The Morgan fingerprint density at radius 2 is 1.31 bits per heavy atom. The number of carbonyl (C=O) groups excluding carboxylic acids is 1. The van der Waals surface area contributed by atoms with Gasteiger partial charge in [-0.1, -0.05) is 104 Å². The number of nitrogens with zero attached hydrogens (tertiary/aromatic N) is 4. The topological polar surface area (TPSA) is 85.0 Å². The third-order valence-corrected chi connectivity index (χ3v) is 13.4. The zero-order valence-corrected chi connectivity index (χ0v) is 40.4. The number of imidazole rings is 1. The molecule has 0 fully saturated rings. The van der Waals surface area contributed by atoms with Gasteiger partial charge in [-0.3, -0.25) is 18.6 Å². The molecular weight excluding hydrogens is 995 g/mol. The molecule has 0 unspecified atom stereocenters. The number of alkyl halides is 2. The smallest absolute Gasteiger partial charge is 0.196 e. The number of aliphatic hydroxyl groups excluding tert-OH is 1. The third kappa shape index (κ3) is 7.49. The number of hydrogen-bond acceptors (Lipinski definition) is 5. The summed E-state index contributed by atoms with van der Waals surface area (Å²) in [6.07, 6.45) is 2.49. The Hall–Kier alpha value is -5.96. The molecule has 65 heavy (non-hydrogen) atoms. The second kappa shape index (κ2) is 17.4. The molecule has 1 N–H and O–H groups in total. The monoisotopic (exact) mass is 1050 g/mol. The van der Waals surface area contributed by atoms with Gasteiger partial charge in [0.05, 0.1) is 22.1 Å². The van der Waals surface area contributed by atoms with E-state index in [4.69, 9.17) is 9.40 Å². The predicted molar refractivity (Wildman–Crippen MR) is 257 cm³/mol. The fourth-order valence-electron chi connectivity index (χ4n) is 9.18. The van der Waals surface area contributed by atoms with E-state index < -0.39 is 22.9 Å². The molecule has 5 aromatic carbocycles. The van der Waals surface area contributed by atoms with Crippen LogP contribution in [0.4, 0.5) is 8.78 Å². The van der Waals surface area contributed by atoms with E-state index in [1.165, 1.54) is 55.0 Å². The van der Waals surface area contributed by atoms with Crippen molar-refractivity contribution in [3.05, 3.63) is 132 Å². The van der Waals surface area contributed by atoms with Crippen molar-refractivity contribution in [3.63, 3.8) is 0 Å². The van der Waals surface area contributed by atoms with E-state index in [1.807, 2.05) is 0 Å². The number of benzene rings is 5. The normalized spacial score (nSPS) is 12.8. The minimum Gasteiger partial charge on any atom is -0.509 e. The van der Waals surface area contributed by atoms with Crippen LogP contribution in [0.1, 0.15) is 104 Å². The molecule has 0 aliphatic carbocycles. The second-order valence-electron chi connectivity index (χ2n) is 17.7. The first-order valence-corrected chi connectivity index (χ1v) is 22.5. The number of fused-ring (bicyclic) bond motifs is 12. The second-order valence-corrected chi connectivity index (χ2v) is 17.7. The molecule has 10 rings (SSSR count). The molecule has 7 nitrogen and oxygen atoms in total. The van der Waals surface area contributed by atoms with E-state index in [9.17, 15) is 18.7 Å². The first-order valence-electron chi connectivity index (χ1n) is 22.5. The quantitative estimate of drug-likeness (QED) is 0.0792. The van der Waals surface area contributed by atoms with Crippen LogP contribution < -0.4 is 0 Å². The molecule has 0 spiro atoms. The number of halogens is 2. The minimum absolute atomic E-state index is 0. The SMILES string of the molecule is CC(C)c1[c-]c(-c2ncnc3c2oc2cc(-c4ccc5c6c7ccccc7n7c8ccccc8n(c5c4)c67)ccc23)cc(C(C)C)c1.CCC(F)(CC)C(=O)/C=C(\O)C(F)(CC)CC.[Ir]. The van der Waals surface area contributed by atoms with E-state index in [0.717, 1.165) is 38.9 Å². The average molecular weight is 1050 g/mol. The molecule has 335 valence electrons. The fourth-order valence-corrected chi connectivity index (χ4v) is 9.18. The van der Waals surface area contributed by atoms with Gasteiger partial charge >= 0.3 is 0 Å². The van der Waals surface area contributed by atoms with Crippen LogP contribution in [0, 0.1) is 6.07 Å². The Kier molecular flexibility index (Phi) is 12.2. The van der Waals surface area contributed by atoms with Gasteiger partial charge in [0.25, 0.3) is 0 Å². The molecule has 5 aromatic heterocycles. The van der Waals surface area contributed by atoms with Crippen molar-refractivity contribution in [1.29, 1.82) is 0 Å². The summed E-state index contributed by atoms with van der Waals surface area (Å²) < 4.78 is 39.4. The number of aliphatic hydroxyl groups is 1. The van der Waals surface area contributed by atoms with E-state index >= 15 is 0 Å². The molecule has 0 aliphatic rings. The minimum atomic E-state index is -2.00. The van der Waals surface area contributed by atoms with Crippen LogP contribution in [0.2, 0.25) is 0 Å². The van der Waals surface area contributed by atoms with Crippen LogP contribution in [-0.2, 0) is 24.9 Å². The number of carbonyl (C=O) groups is 1. The van der Waals surface area contributed by atoms with Crippen LogP contribution in [0.3, 0.4) is 0 Å². The Balaban J connectivity index is 0.000000276. The summed E-state index contributed by atoms with van der Waals surface area (Å²) in [5.41, 5.74) is 10.9. The average Bonchev–Trinajstić information content (AvgIpc) is 4.06. The molecule has 0 aliphatic heterocycles. The Morgan fingerprint density at radius 1 is 0.723 bits per heavy atom. The molecule has 0 bridgehead atoms. The van der Waals surface area contributed by atoms with Crippen molar-refractivity contribution < 1.29 is 43.2 Å². The predicted octanol–water partition coefficient (Wildman–Crippen LogP) is 15.2. The van der Waals surface area contributed by atoms with Crippen LogP contribution in [0.5, 0.6) is 0 Å². The van der Waals surface area contributed by atoms with Crippen molar-refractivity contribution in [3.8, 4) is 22.4 Å². The molecule has 5 heterocycles. The van der Waals surface area contributed by atoms with Gasteiger partial charge in [-0.2, -0.15) is 0 Å². The number of ketones is 1. The van der Waals surface area contributed by atoms with Crippen LogP contribution >= 0.6 is 0 Å². The summed E-state index contributed by atoms with van der Waals surface area (Å²) in [6, 6.07) is 38.8. The van der Waals surface area contributed by atoms with E-state index in [0.29, 0.717) is 23.5 Å². The molecule has 0 saturated heterocycles. The number of para-hydroxylation sites is 3. The van der Waals surface area contributed by atoms with Gasteiger partial charge in [-0.25, -0.2) is 13.8 Å². The molecular formula is C55H53F2IrN4O3-. The molecule has 0 saturated carbocycles. The van der Waals surface area contributed by atoms with Crippen molar-refractivity contribution in [2.24, 2.45) is 0 Å². The van der Waals surface area contributed by atoms with E-state index in [-0.39, 0.29) is 45.8 Å². The summed E-state index contributed by atoms with van der Waals surface area (Å²) in [5, 5.41) is 14.4. The summed E-state index contributed by atoms with van der Waals surface area (Å²) in [5.74, 6) is -0.772. The number of hydrogen-bond donors (Lipinski definition) is 1. The Morgan fingerprint density at radius 3 is 1.94 bits per heavy atom. The van der Waals surface area contributed by atoms with Crippen LogP contribution in [0.15, 0.2) is 120 Å². The van der Waals surface area contributed by atoms with Crippen LogP contribution in [0.25, 0.3) is 88.3 Å². The molecule has 0 amide bonds. The van der Waals surface area contributed by atoms with Crippen LogP contribution in [-0.4, -0.2) is 41.0 Å². The summed E-state index contributed by atoms with van der Waals surface area (Å²) in [4.78, 5) is 21.0. The first-order chi connectivity index (χ1) is 30.7. The zero-order chi connectivity index (χ0) is 45.2. The van der Waals surface area contributed by atoms with Gasteiger partial charge in [0.2, 0.25) is 0 Å². The maximum atomic E-state index is 14.0. The molecule has 10 aromatic rings. The third-order valence-electron chi connectivity index (χ3n) is 13.4. The number of allylic oxidation sites excluding steroid dienone is 2. The van der Waals surface area contributed by atoms with Crippen molar-refractivity contribution >= 4 is 71.7 Å². The van der Waals surface area contributed by atoms with Crippen molar-refractivity contribution in [1.82, 2.24) is 18.8 Å². The first kappa shape index (κ1) is 45.6. The van der Waals surface area contributed by atoms with Gasteiger partial charge in [0.1, 0.15) is 34.4 Å². The van der Waals surface area contributed by atoms with Gasteiger partial charge in [0.15, 0.2) is 17.1 Å². The number of rotatable bonds is 11. The Labute approximate surface area is 390 Å². The fraction of sp³-hybridized carbons (Fsp3) is 0.291. The molecule has 1 radical (unpaired) electrons. The van der Waals surface area contributed by atoms with E-state index in [1.54, 1.807) is 34.0 Å². The largest absolute Gasteiger partial charge is 0.509 e. The standard InChI is InChI=1S/C42H31N4O.C13H22F2O2.Ir/c1-23(2)27-17-28(24(3)4)19-29(18-27)39-41-40(44-22-43-39)32-16-14-26(21-37(32)47-41)25-13-15-31-36(20-25)46-35-12-8-7-11-34(35)45-33-10-6-5-9-30(33)38(31)42(45)46;1-5-12(14,6-2)10(16)9-11(17)13(15,7-3)8-4;/h5-18,20-24H,1-4H3;9,16H,5-8H2,1-4H3;/q-1;;/b;10-9-;. The summed E-state index contributed by atoms with van der Waals surface area (Å²) >= 11 is 0. The van der Waals surface area contributed by atoms with Gasteiger partial charge in [-0.15, -0.1) is 34.9 Å². The molecule has 10 heteroatoms. The van der Waals surface area contributed by atoms with Gasteiger partial charge < -0.3 is 9.52 Å². The summed E-state index contributed by atoms with van der Waals surface area (Å²) in [6.45, 7) is 15.1. The Bertz CT molecular complexity index is 3390. The van der Waals surface area contributed by atoms with Crippen molar-refractivity contribution in [2.45, 2.75) is 104 Å². The van der Waals surface area contributed by atoms with Gasteiger partial charge in [-0.05, 0) is 85.0 Å². The number of furan rings is 1. The summed E-state index contributed by atoms with van der Waals surface area (Å²) in [7, 11) is 0.